The van der Waals surface area contributed by atoms with Crippen molar-refractivity contribution in [2.45, 2.75) is 63.8 Å². The number of aliphatic hydroxyl groups is 1. The van der Waals surface area contributed by atoms with Crippen LogP contribution in [0.5, 0.6) is 0 Å². The lowest BCUT2D eigenvalue weighted by atomic mass is 9.66. The van der Waals surface area contributed by atoms with E-state index in [0.29, 0.717) is 23.6 Å². The standard InChI is InChI=1S/C24H31ClN2O6/c1-5-32-22(31)18-17-21(30)27(16(12-28)13(2)3)19(24(17)11-10-23(18,4)33-24)20(29)26-15-9-7-6-8-14(15)25/h6-9,13,16-19,28H,5,10-12H2,1-4H3,(H,26,29)/t16-,17-,18-,19?,23+,24?/m0/s1. The lowest BCUT2D eigenvalue weighted by molar-refractivity contribution is -0.160. The Balaban J connectivity index is 1.80. The Kier molecular flexibility index (Phi) is 6.22. The van der Waals surface area contributed by atoms with Gasteiger partial charge in [0.25, 0.3) is 0 Å². The molecule has 3 heterocycles. The van der Waals surface area contributed by atoms with Crippen molar-refractivity contribution in [1.29, 1.82) is 0 Å². The molecule has 1 aromatic carbocycles. The van der Waals surface area contributed by atoms with Crippen molar-refractivity contribution in [3.63, 3.8) is 0 Å². The lowest BCUT2D eigenvalue weighted by Gasteiger charge is -2.38. The number of para-hydroxylation sites is 1. The van der Waals surface area contributed by atoms with Gasteiger partial charge in [-0.15, -0.1) is 0 Å². The number of anilines is 1. The zero-order valence-electron chi connectivity index (χ0n) is 19.3. The molecule has 1 aromatic rings. The maximum absolute atomic E-state index is 13.9. The van der Waals surface area contributed by atoms with E-state index in [1.165, 1.54) is 4.90 Å². The predicted molar refractivity (Wildman–Crippen MR) is 121 cm³/mol. The summed E-state index contributed by atoms with van der Waals surface area (Å²) in [5, 5.41) is 13.4. The second-order valence-electron chi connectivity index (χ2n) is 9.69. The maximum atomic E-state index is 13.9. The zero-order valence-corrected chi connectivity index (χ0v) is 20.1. The molecule has 3 aliphatic rings. The van der Waals surface area contributed by atoms with E-state index in [1.807, 2.05) is 20.8 Å². The highest BCUT2D eigenvalue weighted by molar-refractivity contribution is 6.33. The molecular weight excluding hydrogens is 448 g/mol. The molecule has 2 N–H and O–H groups in total. The summed E-state index contributed by atoms with van der Waals surface area (Å²) in [4.78, 5) is 42.1. The van der Waals surface area contributed by atoms with E-state index in [4.69, 9.17) is 21.1 Å². The van der Waals surface area contributed by atoms with Crippen LogP contribution in [0.2, 0.25) is 5.02 Å². The summed E-state index contributed by atoms with van der Waals surface area (Å²) in [5.74, 6) is -3.10. The molecule has 1 spiro atoms. The Hall–Kier alpha value is -2.16. The number of esters is 1. The number of aliphatic hydroxyl groups excluding tert-OH is 1. The van der Waals surface area contributed by atoms with E-state index >= 15 is 0 Å². The van der Waals surface area contributed by atoms with Crippen molar-refractivity contribution in [2.75, 3.05) is 18.5 Å². The number of rotatable bonds is 7. The molecule has 9 heteroatoms. The average molecular weight is 479 g/mol. The summed E-state index contributed by atoms with van der Waals surface area (Å²) >= 11 is 6.26. The molecular formula is C24H31ClN2O6. The van der Waals surface area contributed by atoms with Crippen LogP contribution in [0, 0.1) is 17.8 Å². The molecule has 3 fully saturated rings. The van der Waals surface area contributed by atoms with Crippen LogP contribution < -0.4 is 5.32 Å². The molecule has 2 unspecified atom stereocenters. The van der Waals surface area contributed by atoms with Crippen LogP contribution in [-0.2, 0) is 23.9 Å². The fourth-order valence-corrected chi connectivity index (χ4v) is 6.18. The molecule has 2 amide bonds. The van der Waals surface area contributed by atoms with E-state index in [1.54, 1.807) is 31.2 Å². The number of benzene rings is 1. The Labute approximate surface area is 198 Å². The van der Waals surface area contributed by atoms with Gasteiger partial charge >= 0.3 is 5.97 Å². The number of halogens is 1. The number of nitrogens with zero attached hydrogens (tertiary/aromatic N) is 1. The largest absolute Gasteiger partial charge is 0.466 e. The van der Waals surface area contributed by atoms with Crippen molar-refractivity contribution in [3.8, 4) is 0 Å². The highest BCUT2D eigenvalue weighted by Crippen LogP contribution is 2.63. The molecule has 33 heavy (non-hydrogen) atoms. The van der Waals surface area contributed by atoms with Crippen LogP contribution >= 0.6 is 11.6 Å². The topological polar surface area (TPSA) is 105 Å². The van der Waals surface area contributed by atoms with Gasteiger partial charge in [-0.05, 0) is 44.7 Å². The number of nitrogens with one attached hydrogen (secondary N) is 1. The molecule has 0 aliphatic carbocycles. The minimum Gasteiger partial charge on any atom is -0.466 e. The average Bonchev–Trinajstić information content (AvgIpc) is 3.31. The van der Waals surface area contributed by atoms with E-state index in [0.717, 1.165) is 0 Å². The molecule has 0 aromatic heterocycles. The van der Waals surface area contributed by atoms with Crippen LogP contribution in [0.25, 0.3) is 0 Å². The van der Waals surface area contributed by atoms with Gasteiger partial charge in [0.2, 0.25) is 11.8 Å². The van der Waals surface area contributed by atoms with Crippen LogP contribution in [0.3, 0.4) is 0 Å². The second kappa shape index (κ2) is 8.56. The van der Waals surface area contributed by atoms with E-state index in [-0.39, 0.29) is 25.0 Å². The van der Waals surface area contributed by atoms with Crippen molar-refractivity contribution in [3.05, 3.63) is 29.3 Å². The molecule has 0 radical (unpaired) electrons. The van der Waals surface area contributed by atoms with Crippen molar-refractivity contribution in [2.24, 2.45) is 17.8 Å². The third-order valence-corrected chi connectivity index (χ3v) is 7.78. The number of hydrogen-bond donors (Lipinski definition) is 2. The van der Waals surface area contributed by atoms with Gasteiger partial charge in [-0.25, -0.2) is 0 Å². The van der Waals surface area contributed by atoms with Crippen molar-refractivity contribution in [1.82, 2.24) is 4.90 Å². The molecule has 3 aliphatic heterocycles. The summed E-state index contributed by atoms with van der Waals surface area (Å²) in [6.45, 7) is 7.16. The highest BCUT2D eigenvalue weighted by atomic mass is 35.5. The van der Waals surface area contributed by atoms with Gasteiger partial charge < -0.3 is 24.8 Å². The Bertz CT molecular complexity index is 970. The van der Waals surface area contributed by atoms with Gasteiger partial charge in [-0.3, -0.25) is 14.4 Å². The minimum absolute atomic E-state index is 0.126. The van der Waals surface area contributed by atoms with Crippen molar-refractivity contribution >= 4 is 35.1 Å². The summed E-state index contributed by atoms with van der Waals surface area (Å²) in [6.07, 6.45) is 0.971. The zero-order chi connectivity index (χ0) is 24.1. The fourth-order valence-electron chi connectivity index (χ4n) is 5.99. The van der Waals surface area contributed by atoms with Gasteiger partial charge in [0.05, 0.1) is 41.5 Å². The Morgan fingerprint density at radius 2 is 2.03 bits per heavy atom. The number of carbonyl (C=O) groups excluding carboxylic acids is 3. The van der Waals surface area contributed by atoms with Gasteiger partial charge in [0.1, 0.15) is 17.6 Å². The Morgan fingerprint density at radius 1 is 1.33 bits per heavy atom. The summed E-state index contributed by atoms with van der Waals surface area (Å²) in [5.41, 5.74) is -1.66. The molecule has 0 saturated carbocycles. The smallest absolute Gasteiger partial charge is 0.312 e. The summed E-state index contributed by atoms with van der Waals surface area (Å²) in [7, 11) is 0. The molecule has 4 rings (SSSR count). The molecule has 8 nitrogen and oxygen atoms in total. The van der Waals surface area contributed by atoms with Crippen LogP contribution in [0.1, 0.15) is 40.5 Å². The van der Waals surface area contributed by atoms with Crippen LogP contribution in [0.4, 0.5) is 5.69 Å². The maximum Gasteiger partial charge on any atom is 0.312 e. The Morgan fingerprint density at radius 3 is 2.64 bits per heavy atom. The molecule has 180 valence electrons. The SMILES string of the molecule is CCOC(=O)[C@@H]1[C@H]2C(=O)N([C@@H](CO)C(C)C)C(C(=O)Nc3ccccc3Cl)C23CC[C@@]1(C)O3. The van der Waals surface area contributed by atoms with Gasteiger partial charge in [-0.1, -0.05) is 37.6 Å². The third-order valence-electron chi connectivity index (χ3n) is 7.45. The lowest BCUT2D eigenvalue weighted by Crippen LogP contribution is -2.57. The normalized spacial score (nSPS) is 33.4. The van der Waals surface area contributed by atoms with E-state index < -0.39 is 47.0 Å². The minimum atomic E-state index is -1.18. The second-order valence-corrected chi connectivity index (χ2v) is 10.1. The fraction of sp³-hybridized carbons (Fsp3) is 0.625. The number of amides is 2. The van der Waals surface area contributed by atoms with E-state index in [2.05, 4.69) is 5.32 Å². The van der Waals surface area contributed by atoms with Crippen LogP contribution in [-0.4, -0.2) is 64.3 Å². The summed E-state index contributed by atoms with van der Waals surface area (Å²) in [6, 6.07) is 5.21. The quantitative estimate of drug-likeness (QED) is 0.584. The molecule has 6 atom stereocenters. The highest BCUT2D eigenvalue weighted by Gasteiger charge is 2.78. The van der Waals surface area contributed by atoms with E-state index in [9.17, 15) is 19.5 Å². The first kappa shape index (κ1) is 24.0. The number of fused-ring (bicyclic) bond motifs is 1. The number of hydrogen-bond acceptors (Lipinski definition) is 6. The molecule has 3 saturated heterocycles. The third kappa shape index (κ3) is 3.54. The van der Waals surface area contributed by atoms with Crippen LogP contribution in [0.15, 0.2) is 24.3 Å². The predicted octanol–water partition coefficient (Wildman–Crippen LogP) is 2.62. The first-order valence-electron chi connectivity index (χ1n) is 11.5. The van der Waals surface area contributed by atoms with Gasteiger partial charge in [-0.2, -0.15) is 0 Å². The first-order chi connectivity index (χ1) is 15.6. The number of ether oxygens (including phenoxy) is 2. The number of likely N-dealkylation sites (tertiary alicyclic amines) is 1. The van der Waals surface area contributed by atoms with Crippen molar-refractivity contribution < 1.29 is 29.0 Å². The van der Waals surface area contributed by atoms with Gasteiger partial charge in [0.15, 0.2) is 0 Å². The molecule has 2 bridgehead atoms. The monoisotopic (exact) mass is 478 g/mol. The first-order valence-corrected chi connectivity index (χ1v) is 11.8. The van der Waals surface area contributed by atoms with Gasteiger partial charge in [0, 0.05) is 0 Å². The number of carbonyl (C=O) groups is 3. The summed E-state index contributed by atoms with van der Waals surface area (Å²) < 4.78 is 11.8.